The smallest absolute Gasteiger partial charge is 0.00903 e. The molecule has 0 unspecified atom stereocenters. The monoisotopic (exact) mass is 300 g/mol. The standard InChI is InChI=1S/C23H24/c1-17-20-14-8-9-15-21(20)23(19-12-6-3-7-13-19)16-22(17)18-10-4-2-5-11-18/h2-7,10-13,16-17,22H,8-9,14-15H2,1H3/t17-,22-/m1/s1. The van der Waals surface area contributed by atoms with Crippen LogP contribution in [0.4, 0.5) is 0 Å². The Labute approximate surface area is 139 Å². The number of allylic oxidation sites excluding steroid dienone is 4. The third kappa shape index (κ3) is 2.67. The van der Waals surface area contributed by atoms with Gasteiger partial charge in [-0.25, -0.2) is 0 Å². The van der Waals surface area contributed by atoms with Crippen LogP contribution in [0.15, 0.2) is 77.9 Å². The van der Waals surface area contributed by atoms with Gasteiger partial charge in [0.2, 0.25) is 0 Å². The van der Waals surface area contributed by atoms with Crippen LogP contribution in [-0.4, -0.2) is 0 Å². The Morgan fingerprint density at radius 2 is 1.43 bits per heavy atom. The van der Waals surface area contributed by atoms with Gasteiger partial charge in [-0.15, -0.1) is 0 Å². The van der Waals surface area contributed by atoms with Gasteiger partial charge >= 0.3 is 0 Å². The van der Waals surface area contributed by atoms with E-state index in [9.17, 15) is 0 Å². The van der Waals surface area contributed by atoms with E-state index in [4.69, 9.17) is 0 Å². The van der Waals surface area contributed by atoms with Crippen molar-refractivity contribution in [3.8, 4) is 0 Å². The number of rotatable bonds is 2. The maximum Gasteiger partial charge on any atom is 0.00903 e. The van der Waals surface area contributed by atoms with Crippen molar-refractivity contribution >= 4 is 5.57 Å². The van der Waals surface area contributed by atoms with Gasteiger partial charge in [0.25, 0.3) is 0 Å². The normalized spacial score (nSPS) is 24.1. The minimum Gasteiger partial charge on any atom is -0.0683 e. The van der Waals surface area contributed by atoms with Gasteiger partial charge < -0.3 is 0 Å². The lowest BCUT2D eigenvalue weighted by Gasteiger charge is -2.36. The number of hydrogen-bond acceptors (Lipinski definition) is 0. The highest BCUT2D eigenvalue weighted by Gasteiger charge is 2.31. The first-order chi connectivity index (χ1) is 11.3. The Bertz CT molecular complexity index is 734. The lowest BCUT2D eigenvalue weighted by molar-refractivity contribution is 0.528. The lowest BCUT2D eigenvalue weighted by Crippen LogP contribution is -2.20. The molecular weight excluding hydrogens is 276 g/mol. The van der Waals surface area contributed by atoms with Crippen LogP contribution in [0, 0.1) is 5.92 Å². The fourth-order valence-corrected chi connectivity index (χ4v) is 4.33. The summed E-state index contributed by atoms with van der Waals surface area (Å²) in [5.74, 6) is 1.13. The van der Waals surface area contributed by atoms with Gasteiger partial charge in [0.15, 0.2) is 0 Å². The summed E-state index contributed by atoms with van der Waals surface area (Å²) in [6, 6.07) is 22.0. The number of hydrogen-bond donors (Lipinski definition) is 0. The summed E-state index contributed by atoms with van der Waals surface area (Å²) in [5, 5.41) is 0. The molecule has 0 N–H and O–H groups in total. The van der Waals surface area contributed by atoms with Crippen molar-refractivity contribution in [2.75, 3.05) is 0 Å². The molecule has 0 fully saturated rings. The molecular formula is C23H24. The van der Waals surface area contributed by atoms with Gasteiger partial charge in [-0.1, -0.05) is 79.2 Å². The van der Waals surface area contributed by atoms with Crippen molar-refractivity contribution in [1.82, 2.24) is 0 Å². The Morgan fingerprint density at radius 1 is 0.783 bits per heavy atom. The van der Waals surface area contributed by atoms with Gasteiger partial charge in [0.1, 0.15) is 0 Å². The van der Waals surface area contributed by atoms with E-state index in [0.717, 1.165) is 0 Å². The molecule has 2 aliphatic carbocycles. The van der Waals surface area contributed by atoms with E-state index in [1.54, 1.807) is 11.1 Å². The maximum atomic E-state index is 2.54. The molecule has 2 aromatic rings. The lowest BCUT2D eigenvalue weighted by atomic mass is 9.69. The van der Waals surface area contributed by atoms with Crippen LogP contribution in [0.3, 0.4) is 0 Å². The summed E-state index contributed by atoms with van der Waals surface area (Å²) < 4.78 is 0. The van der Waals surface area contributed by atoms with Crippen LogP contribution in [0.1, 0.15) is 49.7 Å². The van der Waals surface area contributed by atoms with Gasteiger partial charge in [-0.3, -0.25) is 0 Å². The molecule has 0 aromatic heterocycles. The van der Waals surface area contributed by atoms with Crippen molar-refractivity contribution in [3.05, 3.63) is 89.0 Å². The van der Waals surface area contributed by atoms with Crippen LogP contribution >= 0.6 is 0 Å². The number of benzene rings is 2. The van der Waals surface area contributed by atoms with E-state index in [1.165, 1.54) is 42.4 Å². The fourth-order valence-electron chi connectivity index (χ4n) is 4.33. The topological polar surface area (TPSA) is 0 Å². The molecule has 23 heavy (non-hydrogen) atoms. The molecule has 0 spiro atoms. The molecule has 116 valence electrons. The maximum absolute atomic E-state index is 2.54. The zero-order valence-electron chi connectivity index (χ0n) is 13.8. The van der Waals surface area contributed by atoms with E-state index in [0.29, 0.717) is 11.8 Å². The van der Waals surface area contributed by atoms with Crippen molar-refractivity contribution in [3.63, 3.8) is 0 Å². The van der Waals surface area contributed by atoms with Crippen molar-refractivity contribution < 1.29 is 0 Å². The van der Waals surface area contributed by atoms with E-state index in [2.05, 4.69) is 73.7 Å². The second-order valence-corrected chi connectivity index (χ2v) is 6.88. The largest absolute Gasteiger partial charge is 0.0683 e. The highest BCUT2D eigenvalue weighted by atomic mass is 14.3. The predicted molar refractivity (Wildman–Crippen MR) is 98.3 cm³/mol. The van der Waals surface area contributed by atoms with Crippen molar-refractivity contribution in [1.29, 1.82) is 0 Å². The first-order valence-electron chi connectivity index (χ1n) is 8.89. The summed E-state index contributed by atoms with van der Waals surface area (Å²) in [5.41, 5.74) is 7.68. The van der Waals surface area contributed by atoms with Crippen LogP contribution in [0.2, 0.25) is 0 Å². The quantitative estimate of drug-likeness (QED) is 0.604. The van der Waals surface area contributed by atoms with Crippen LogP contribution in [0.5, 0.6) is 0 Å². The average molecular weight is 300 g/mol. The van der Waals surface area contributed by atoms with Crippen molar-refractivity contribution in [2.45, 2.75) is 38.5 Å². The third-order valence-electron chi connectivity index (χ3n) is 5.54. The van der Waals surface area contributed by atoms with Gasteiger partial charge in [0, 0.05) is 5.92 Å². The fraction of sp³-hybridized carbons (Fsp3) is 0.304. The molecule has 0 bridgehead atoms. The highest BCUT2D eigenvalue weighted by molar-refractivity contribution is 5.82. The second-order valence-electron chi connectivity index (χ2n) is 6.88. The molecule has 0 radical (unpaired) electrons. The highest BCUT2D eigenvalue weighted by Crippen LogP contribution is 2.48. The average Bonchev–Trinajstić information content (AvgIpc) is 2.64. The van der Waals surface area contributed by atoms with E-state index in [-0.39, 0.29) is 0 Å². The molecule has 0 heterocycles. The minimum absolute atomic E-state index is 0.503. The molecule has 2 aromatic carbocycles. The molecule has 0 saturated carbocycles. The molecule has 0 heteroatoms. The summed E-state index contributed by atoms with van der Waals surface area (Å²) in [6.45, 7) is 2.43. The minimum atomic E-state index is 0.503. The Balaban J connectivity index is 1.84. The first kappa shape index (κ1) is 14.5. The van der Waals surface area contributed by atoms with Gasteiger partial charge in [0.05, 0.1) is 0 Å². The SMILES string of the molecule is C[C@@H]1C2=C(CCCC2)C(c2ccccc2)=C[C@H]1c1ccccc1. The third-order valence-corrected chi connectivity index (χ3v) is 5.54. The molecule has 2 atom stereocenters. The molecule has 4 rings (SSSR count). The Morgan fingerprint density at radius 3 is 2.17 bits per heavy atom. The van der Waals surface area contributed by atoms with Crippen LogP contribution in [-0.2, 0) is 0 Å². The van der Waals surface area contributed by atoms with Crippen LogP contribution in [0.25, 0.3) is 5.57 Å². The van der Waals surface area contributed by atoms with E-state index < -0.39 is 0 Å². The van der Waals surface area contributed by atoms with Crippen molar-refractivity contribution in [2.24, 2.45) is 5.92 Å². The zero-order chi connectivity index (χ0) is 15.6. The zero-order valence-corrected chi connectivity index (χ0v) is 13.8. The van der Waals surface area contributed by atoms with E-state index >= 15 is 0 Å². The molecule has 0 amide bonds. The summed E-state index contributed by atoms with van der Waals surface area (Å²) >= 11 is 0. The summed E-state index contributed by atoms with van der Waals surface area (Å²) in [7, 11) is 0. The van der Waals surface area contributed by atoms with E-state index in [1.807, 2.05) is 0 Å². The summed E-state index contributed by atoms with van der Waals surface area (Å²) in [4.78, 5) is 0. The second kappa shape index (κ2) is 6.20. The van der Waals surface area contributed by atoms with Gasteiger partial charge in [-0.05, 0) is 53.9 Å². The molecule has 0 saturated heterocycles. The Kier molecular flexibility index (Phi) is 3.91. The van der Waals surface area contributed by atoms with Crippen LogP contribution < -0.4 is 0 Å². The Hall–Kier alpha value is -2.08. The molecule has 2 aliphatic rings. The first-order valence-corrected chi connectivity index (χ1v) is 8.89. The predicted octanol–water partition coefficient (Wildman–Crippen LogP) is 6.37. The molecule has 0 nitrogen and oxygen atoms in total. The molecule has 0 aliphatic heterocycles. The summed E-state index contributed by atoms with van der Waals surface area (Å²) in [6.07, 6.45) is 7.77. The van der Waals surface area contributed by atoms with Gasteiger partial charge in [-0.2, -0.15) is 0 Å².